The molecule has 0 aromatic heterocycles. The molecule has 6 aromatic rings. The maximum atomic E-state index is 14.3. The van der Waals surface area contributed by atoms with Crippen molar-refractivity contribution >= 4 is 49.3 Å². The van der Waals surface area contributed by atoms with Gasteiger partial charge in [-0.2, -0.15) is 87.4 Å². The summed E-state index contributed by atoms with van der Waals surface area (Å²) in [6.07, 6.45) is -22.7. The van der Waals surface area contributed by atoms with E-state index in [-0.39, 0.29) is 35.0 Å². The number of halogens is 18. The molecule has 1 heterocycles. The predicted octanol–water partition coefficient (Wildman–Crippen LogP) is 14.1. The molecule has 0 saturated heterocycles. The Morgan fingerprint density at radius 3 is 1.07 bits per heavy atom. The molecule has 0 amide bonds. The molecule has 0 saturated carbocycles. The lowest BCUT2D eigenvalue weighted by atomic mass is 9.85. The van der Waals surface area contributed by atoms with Crippen LogP contribution in [-0.2, 0) is 44.8 Å². The fourth-order valence-corrected chi connectivity index (χ4v) is 11.8. The van der Waals surface area contributed by atoms with Gasteiger partial charge in [0.1, 0.15) is 11.5 Å². The lowest BCUT2D eigenvalue weighted by Gasteiger charge is -2.26. The Morgan fingerprint density at radius 1 is 0.448 bits per heavy atom. The molecule has 0 spiro atoms. The van der Waals surface area contributed by atoms with E-state index in [1.807, 2.05) is 0 Å². The van der Waals surface area contributed by atoms with Gasteiger partial charge >= 0.3 is 63.4 Å². The second-order valence-electron chi connectivity index (χ2n) is 14.0. The smallest absolute Gasteiger partial charge is 0.416 e. The molecule has 0 fully saturated rings. The fourth-order valence-electron chi connectivity index (χ4n) is 6.74. The zero-order valence-corrected chi connectivity index (χ0v) is 34.2. The van der Waals surface area contributed by atoms with Crippen molar-refractivity contribution in [2.24, 2.45) is 4.15 Å². The van der Waals surface area contributed by atoms with Gasteiger partial charge in [0.2, 0.25) is 0 Å². The average Bonchev–Trinajstić information content (AvgIpc) is 3.32. The summed E-state index contributed by atoms with van der Waals surface area (Å²) in [5.41, 5.74) is -28.8. The first-order valence-corrected chi connectivity index (χ1v) is 22.1. The SMILES string of the molecule is O=S(=O)(N=P1(NS(=O)(=O)C(F)(F)F)Oc2c(-c3cc(C(F)(F)F)cc(C(F)(F)F)c3)cc3ccccc3c2-c2c(c(-c3cc(C(F)(F)F)cc(C(F)(F)F)c3)cc3ccccc23)O1)C(F)(F)F. The number of nitrogens with zero attached hydrogens (tertiary/aromatic N) is 1. The molecule has 0 aliphatic carbocycles. The van der Waals surface area contributed by atoms with Gasteiger partial charge in [-0.3, -0.25) is 0 Å². The Hall–Kier alpha value is -5.73. The summed E-state index contributed by atoms with van der Waals surface area (Å²) in [7, 11) is -22.0. The van der Waals surface area contributed by atoms with E-state index in [0.717, 1.165) is 36.4 Å². The van der Waals surface area contributed by atoms with E-state index in [4.69, 9.17) is 9.05 Å². The quantitative estimate of drug-likeness (QED) is 0.136. The van der Waals surface area contributed by atoms with Gasteiger partial charge < -0.3 is 9.05 Å². The minimum absolute atomic E-state index is 0.0327. The maximum absolute atomic E-state index is 14.3. The van der Waals surface area contributed by atoms with Crippen LogP contribution in [0.15, 0.2) is 101 Å². The molecule has 0 unspecified atom stereocenters. The molecule has 1 N–H and O–H groups in total. The van der Waals surface area contributed by atoms with Crippen molar-refractivity contribution in [1.82, 2.24) is 4.49 Å². The highest BCUT2D eigenvalue weighted by atomic mass is 32.2. The molecule has 0 atom stereocenters. The molecule has 29 heteroatoms. The minimum Gasteiger partial charge on any atom is -0.416 e. The van der Waals surface area contributed by atoms with Crippen LogP contribution in [0.3, 0.4) is 0 Å². The summed E-state index contributed by atoms with van der Waals surface area (Å²) < 4.78 is 322. The topological polar surface area (TPSA) is 111 Å². The van der Waals surface area contributed by atoms with Gasteiger partial charge in [-0.05, 0) is 81.2 Å². The molecule has 67 heavy (non-hydrogen) atoms. The lowest BCUT2D eigenvalue weighted by molar-refractivity contribution is -0.144. The first kappa shape index (κ1) is 49.2. The Balaban J connectivity index is 1.82. The van der Waals surface area contributed by atoms with E-state index in [1.165, 1.54) is 12.1 Å². The first-order chi connectivity index (χ1) is 30.4. The van der Waals surface area contributed by atoms with Gasteiger partial charge in [-0.1, -0.05) is 52.7 Å². The summed E-state index contributed by atoms with van der Waals surface area (Å²) >= 11 is 0. The van der Waals surface area contributed by atoms with Crippen molar-refractivity contribution < 1.29 is 105 Å². The van der Waals surface area contributed by atoms with Gasteiger partial charge in [0, 0.05) is 22.3 Å². The zero-order chi connectivity index (χ0) is 49.9. The molecule has 7 rings (SSSR count). The van der Waals surface area contributed by atoms with Crippen LogP contribution in [0.25, 0.3) is 54.9 Å². The van der Waals surface area contributed by atoms with Crippen molar-refractivity contribution in [1.29, 1.82) is 0 Å². The molecule has 358 valence electrons. The Kier molecular flexibility index (Phi) is 11.5. The second-order valence-corrected chi connectivity index (χ2v) is 19.7. The number of sulfonamides is 2. The highest BCUT2D eigenvalue weighted by Gasteiger charge is 2.56. The fraction of sp³-hybridized carbons (Fsp3) is 0.158. The van der Waals surface area contributed by atoms with E-state index in [2.05, 4.69) is 4.15 Å². The van der Waals surface area contributed by atoms with Gasteiger partial charge in [0.05, 0.1) is 22.3 Å². The molecular formula is C38H17F18N2O6PS2. The van der Waals surface area contributed by atoms with Crippen molar-refractivity contribution in [3.8, 4) is 44.9 Å². The monoisotopic (exact) mass is 1030 g/mol. The van der Waals surface area contributed by atoms with Crippen molar-refractivity contribution in [2.45, 2.75) is 35.7 Å². The largest absolute Gasteiger partial charge is 0.518 e. The van der Waals surface area contributed by atoms with E-state index in [9.17, 15) is 95.9 Å². The molecule has 0 radical (unpaired) electrons. The van der Waals surface area contributed by atoms with Gasteiger partial charge in [-0.25, -0.2) is 8.42 Å². The number of rotatable bonds is 5. The second kappa shape index (κ2) is 15.7. The molecule has 1 aliphatic heterocycles. The van der Waals surface area contributed by atoms with Crippen LogP contribution < -0.4 is 13.5 Å². The zero-order valence-electron chi connectivity index (χ0n) is 31.7. The summed E-state index contributed by atoms with van der Waals surface area (Å²) in [6.45, 7) is 0. The van der Waals surface area contributed by atoms with Crippen LogP contribution in [0.1, 0.15) is 22.3 Å². The summed E-state index contributed by atoms with van der Waals surface area (Å²) in [5, 5.41) is -1.50. The van der Waals surface area contributed by atoms with Gasteiger partial charge in [-0.15, -0.1) is 4.49 Å². The van der Waals surface area contributed by atoms with Crippen LogP contribution in [-0.4, -0.2) is 27.9 Å². The first-order valence-electron chi connectivity index (χ1n) is 17.6. The van der Waals surface area contributed by atoms with E-state index in [1.54, 1.807) is 0 Å². The van der Waals surface area contributed by atoms with Crippen LogP contribution in [0.4, 0.5) is 79.0 Å². The lowest BCUT2D eigenvalue weighted by Crippen LogP contribution is -2.37. The third-order valence-electron chi connectivity index (χ3n) is 9.53. The van der Waals surface area contributed by atoms with Gasteiger partial charge in [0.25, 0.3) is 0 Å². The summed E-state index contributed by atoms with van der Waals surface area (Å²) in [5.74, 6) is -3.13. The highest BCUT2D eigenvalue weighted by molar-refractivity contribution is 7.99. The third kappa shape index (κ3) is 9.31. The maximum Gasteiger partial charge on any atom is 0.518 e. The number of benzene rings is 6. The summed E-state index contributed by atoms with van der Waals surface area (Å²) in [6, 6.07) is 9.10. The predicted molar refractivity (Wildman–Crippen MR) is 201 cm³/mol. The number of hydrogen-bond acceptors (Lipinski definition) is 6. The number of nitrogens with one attached hydrogen (secondary N) is 1. The van der Waals surface area contributed by atoms with E-state index >= 15 is 0 Å². The third-order valence-corrected chi connectivity index (χ3v) is 15.2. The van der Waals surface area contributed by atoms with E-state index < -0.39 is 153 Å². The van der Waals surface area contributed by atoms with E-state index in [0.29, 0.717) is 16.6 Å². The van der Waals surface area contributed by atoms with Crippen molar-refractivity contribution in [2.75, 3.05) is 0 Å². The molecule has 8 nitrogen and oxygen atoms in total. The van der Waals surface area contributed by atoms with Crippen LogP contribution in [0.2, 0.25) is 0 Å². The van der Waals surface area contributed by atoms with Crippen LogP contribution >= 0.6 is 7.66 Å². The minimum atomic E-state index is -7.50. The highest BCUT2D eigenvalue weighted by Crippen LogP contribution is 2.64. The normalized spacial score (nSPS) is 15.1. The van der Waals surface area contributed by atoms with Crippen LogP contribution in [0, 0.1) is 0 Å². The molecule has 6 aromatic carbocycles. The average molecular weight is 1030 g/mol. The molecule has 1 aliphatic rings. The Labute approximate surface area is 362 Å². The number of hydrogen-bond donors (Lipinski definition) is 1. The number of fused-ring (bicyclic) bond motifs is 7. The van der Waals surface area contributed by atoms with Gasteiger partial charge in [0.15, 0.2) is 0 Å². The van der Waals surface area contributed by atoms with Crippen LogP contribution in [0.5, 0.6) is 11.5 Å². The molecular weight excluding hydrogens is 1020 g/mol. The van der Waals surface area contributed by atoms with Crippen molar-refractivity contribution in [3.63, 3.8) is 0 Å². The van der Waals surface area contributed by atoms with Crippen molar-refractivity contribution in [3.05, 3.63) is 119 Å². The number of alkyl halides is 18. The standard InChI is InChI=1S/C38H17F18N2O6PS2/c39-33(40,41)21-9-19(10-22(15-21)34(42,43)44)27-13-17-5-1-3-7-25(17)29-30-26-8-4-2-6-18(26)14-28(20-11-23(35(45,46)47)16-24(12-20)36(48,49)50)32(30)64-65(63-31(27)29,57-66(59,60)37(51,52)53)58-67(61,62)38(54,55)56/h1-16,57H. The Morgan fingerprint density at radius 2 is 0.776 bits per heavy atom. The Bertz CT molecular complexity index is 3070. The summed E-state index contributed by atoms with van der Waals surface area (Å²) in [4.78, 5) is 0. The molecule has 0 bridgehead atoms.